The number of nitrogens with one attached hydrogen (secondary N) is 1. The molecule has 19 heavy (non-hydrogen) atoms. The quantitative estimate of drug-likeness (QED) is 0.912. The predicted octanol–water partition coefficient (Wildman–Crippen LogP) is 3.95. The molecular weight excluding hydrogens is 281 g/mol. The van der Waals surface area contributed by atoms with E-state index in [2.05, 4.69) is 5.32 Å². The van der Waals surface area contributed by atoms with Crippen molar-refractivity contribution in [2.45, 2.75) is 6.42 Å². The number of hydrogen-bond donors (Lipinski definition) is 1. The molecule has 4 heteroatoms. The summed E-state index contributed by atoms with van der Waals surface area (Å²) in [7, 11) is 1.62. The summed E-state index contributed by atoms with van der Waals surface area (Å²) in [6, 6.07) is 13.0. The number of carbonyl (C=O) groups is 1. The summed E-state index contributed by atoms with van der Waals surface area (Å²) < 4.78 is 0. The SMILES string of the molecule is CNC(=O)Cc1ccc(Cl)cc1-c1cccc(Cl)c1. The van der Waals surface area contributed by atoms with Crippen LogP contribution in [-0.4, -0.2) is 13.0 Å². The lowest BCUT2D eigenvalue weighted by Crippen LogP contribution is -2.20. The van der Waals surface area contributed by atoms with Crippen LogP contribution in [0.15, 0.2) is 42.5 Å². The van der Waals surface area contributed by atoms with Crippen LogP contribution < -0.4 is 5.32 Å². The maximum Gasteiger partial charge on any atom is 0.224 e. The molecule has 0 spiro atoms. The predicted molar refractivity (Wildman–Crippen MR) is 79.7 cm³/mol. The van der Waals surface area contributed by atoms with Crippen LogP contribution in [0.5, 0.6) is 0 Å². The smallest absolute Gasteiger partial charge is 0.224 e. The lowest BCUT2D eigenvalue weighted by molar-refractivity contribution is -0.119. The van der Waals surface area contributed by atoms with Gasteiger partial charge in [0.2, 0.25) is 5.91 Å². The topological polar surface area (TPSA) is 29.1 Å². The molecule has 0 aromatic heterocycles. The summed E-state index contributed by atoms with van der Waals surface area (Å²) in [5.74, 6) is -0.0365. The molecule has 0 bridgehead atoms. The Labute approximate surface area is 122 Å². The van der Waals surface area contributed by atoms with E-state index >= 15 is 0 Å². The largest absolute Gasteiger partial charge is 0.359 e. The number of rotatable bonds is 3. The van der Waals surface area contributed by atoms with Crippen molar-refractivity contribution in [1.29, 1.82) is 0 Å². The van der Waals surface area contributed by atoms with E-state index in [1.165, 1.54) is 0 Å². The van der Waals surface area contributed by atoms with Gasteiger partial charge in [0, 0.05) is 17.1 Å². The minimum Gasteiger partial charge on any atom is -0.359 e. The highest BCUT2D eigenvalue weighted by Gasteiger charge is 2.09. The Balaban J connectivity index is 2.48. The Morgan fingerprint density at radius 1 is 1.11 bits per heavy atom. The molecule has 2 aromatic carbocycles. The van der Waals surface area contributed by atoms with Crippen molar-refractivity contribution < 1.29 is 4.79 Å². The van der Waals surface area contributed by atoms with Crippen molar-refractivity contribution in [3.8, 4) is 11.1 Å². The van der Waals surface area contributed by atoms with Crippen LogP contribution in [0.2, 0.25) is 10.0 Å². The third kappa shape index (κ3) is 3.49. The molecule has 0 fully saturated rings. The van der Waals surface area contributed by atoms with Gasteiger partial charge in [-0.1, -0.05) is 41.4 Å². The average molecular weight is 294 g/mol. The Kier molecular flexibility index (Phi) is 4.46. The summed E-state index contributed by atoms with van der Waals surface area (Å²) >= 11 is 12.1. The minimum atomic E-state index is -0.0365. The van der Waals surface area contributed by atoms with Crippen LogP contribution in [0.3, 0.4) is 0 Å². The van der Waals surface area contributed by atoms with E-state index in [1.807, 2.05) is 36.4 Å². The number of likely N-dealkylation sites (N-methyl/N-ethyl adjacent to an activating group) is 1. The molecule has 0 aliphatic rings. The first-order valence-electron chi connectivity index (χ1n) is 5.85. The molecule has 0 aliphatic carbocycles. The second-order valence-corrected chi connectivity index (χ2v) is 5.03. The summed E-state index contributed by atoms with van der Waals surface area (Å²) in [6.45, 7) is 0. The van der Waals surface area contributed by atoms with Crippen LogP contribution in [0.25, 0.3) is 11.1 Å². The third-order valence-corrected chi connectivity index (χ3v) is 3.31. The Hall–Kier alpha value is -1.51. The molecule has 0 saturated heterocycles. The van der Waals surface area contributed by atoms with Crippen LogP contribution >= 0.6 is 23.2 Å². The van der Waals surface area contributed by atoms with E-state index in [9.17, 15) is 4.79 Å². The maximum absolute atomic E-state index is 11.5. The van der Waals surface area contributed by atoms with E-state index in [1.54, 1.807) is 13.1 Å². The highest BCUT2D eigenvalue weighted by molar-refractivity contribution is 6.31. The fourth-order valence-corrected chi connectivity index (χ4v) is 2.25. The van der Waals surface area contributed by atoms with Gasteiger partial charge in [-0.25, -0.2) is 0 Å². The van der Waals surface area contributed by atoms with Crippen LogP contribution in [0.1, 0.15) is 5.56 Å². The van der Waals surface area contributed by atoms with Crippen molar-refractivity contribution in [2.24, 2.45) is 0 Å². The van der Waals surface area contributed by atoms with Gasteiger partial charge in [-0.15, -0.1) is 0 Å². The minimum absolute atomic E-state index is 0.0365. The van der Waals surface area contributed by atoms with Gasteiger partial charge in [0.05, 0.1) is 6.42 Å². The first kappa shape index (κ1) is 13.9. The maximum atomic E-state index is 11.5. The van der Waals surface area contributed by atoms with Crippen molar-refractivity contribution in [2.75, 3.05) is 7.05 Å². The van der Waals surface area contributed by atoms with E-state index in [4.69, 9.17) is 23.2 Å². The number of benzene rings is 2. The molecule has 98 valence electrons. The monoisotopic (exact) mass is 293 g/mol. The first-order valence-corrected chi connectivity index (χ1v) is 6.60. The lowest BCUT2D eigenvalue weighted by Gasteiger charge is -2.10. The second-order valence-electron chi connectivity index (χ2n) is 4.16. The van der Waals surface area contributed by atoms with E-state index < -0.39 is 0 Å². The number of hydrogen-bond acceptors (Lipinski definition) is 1. The zero-order valence-electron chi connectivity index (χ0n) is 10.4. The zero-order chi connectivity index (χ0) is 13.8. The van der Waals surface area contributed by atoms with Gasteiger partial charge in [0.1, 0.15) is 0 Å². The standard InChI is InChI=1S/C15H13Cl2NO/c1-18-15(19)8-11-5-6-13(17)9-14(11)10-3-2-4-12(16)7-10/h2-7,9H,8H2,1H3,(H,18,19). The van der Waals surface area contributed by atoms with Gasteiger partial charge < -0.3 is 5.32 Å². The summed E-state index contributed by atoms with van der Waals surface area (Å²) in [6.07, 6.45) is 0.315. The molecule has 1 N–H and O–H groups in total. The molecule has 0 atom stereocenters. The fourth-order valence-electron chi connectivity index (χ4n) is 1.89. The number of carbonyl (C=O) groups excluding carboxylic acids is 1. The van der Waals surface area contributed by atoms with Crippen molar-refractivity contribution in [3.63, 3.8) is 0 Å². The van der Waals surface area contributed by atoms with Gasteiger partial charge in [-0.3, -0.25) is 4.79 Å². The molecule has 1 amide bonds. The van der Waals surface area contributed by atoms with Crippen molar-refractivity contribution in [3.05, 3.63) is 58.1 Å². The molecule has 2 nitrogen and oxygen atoms in total. The highest BCUT2D eigenvalue weighted by Crippen LogP contribution is 2.29. The molecular formula is C15H13Cl2NO. The Bertz CT molecular complexity index is 611. The van der Waals surface area contributed by atoms with E-state index in [0.717, 1.165) is 16.7 Å². The zero-order valence-corrected chi connectivity index (χ0v) is 11.9. The Morgan fingerprint density at radius 3 is 2.53 bits per heavy atom. The third-order valence-electron chi connectivity index (χ3n) is 2.84. The fraction of sp³-hybridized carbons (Fsp3) is 0.133. The molecule has 0 saturated carbocycles. The van der Waals surface area contributed by atoms with Gasteiger partial charge in [0.15, 0.2) is 0 Å². The second kappa shape index (κ2) is 6.09. The normalized spacial score (nSPS) is 10.3. The molecule has 2 aromatic rings. The highest BCUT2D eigenvalue weighted by atomic mass is 35.5. The molecule has 0 heterocycles. The van der Waals surface area contributed by atoms with Crippen LogP contribution in [-0.2, 0) is 11.2 Å². The van der Waals surface area contributed by atoms with Crippen molar-refractivity contribution >= 4 is 29.1 Å². The first-order chi connectivity index (χ1) is 9.10. The van der Waals surface area contributed by atoms with E-state index in [-0.39, 0.29) is 5.91 Å². The Morgan fingerprint density at radius 2 is 1.84 bits per heavy atom. The van der Waals surface area contributed by atoms with Crippen LogP contribution in [0.4, 0.5) is 0 Å². The molecule has 0 unspecified atom stereocenters. The summed E-state index contributed by atoms with van der Waals surface area (Å²) in [4.78, 5) is 11.5. The van der Waals surface area contributed by atoms with Gasteiger partial charge in [-0.2, -0.15) is 0 Å². The van der Waals surface area contributed by atoms with Crippen molar-refractivity contribution in [1.82, 2.24) is 5.32 Å². The van der Waals surface area contributed by atoms with Gasteiger partial charge in [-0.05, 0) is 41.0 Å². The number of amides is 1. The van der Waals surface area contributed by atoms with Gasteiger partial charge in [0.25, 0.3) is 0 Å². The number of halogens is 2. The van der Waals surface area contributed by atoms with Crippen LogP contribution in [0, 0.1) is 0 Å². The molecule has 0 aliphatic heterocycles. The summed E-state index contributed by atoms with van der Waals surface area (Å²) in [5, 5.41) is 3.91. The lowest BCUT2D eigenvalue weighted by atomic mass is 9.97. The summed E-state index contributed by atoms with van der Waals surface area (Å²) in [5.41, 5.74) is 2.80. The van der Waals surface area contributed by atoms with Gasteiger partial charge >= 0.3 is 0 Å². The molecule has 2 rings (SSSR count). The molecule has 0 radical (unpaired) electrons. The van der Waals surface area contributed by atoms with E-state index in [0.29, 0.717) is 16.5 Å². The average Bonchev–Trinajstić information content (AvgIpc) is 2.40.